The molecule has 0 saturated carbocycles. The summed E-state index contributed by atoms with van der Waals surface area (Å²) >= 11 is 0. The van der Waals surface area contributed by atoms with Crippen molar-refractivity contribution in [1.82, 2.24) is 15.1 Å². The highest BCUT2D eigenvalue weighted by Gasteiger charge is 2.16. The molecule has 1 aromatic heterocycles. The SMILES string of the molecule is CCCC(O)CNC(=O)Cc1c(C)nn(CC(C)C)c1C. The van der Waals surface area contributed by atoms with Crippen molar-refractivity contribution in [2.75, 3.05) is 6.54 Å². The Labute approximate surface area is 127 Å². The molecule has 0 aliphatic heterocycles. The molecule has 0 aromatic carbocycles. The van der Waals surface area contributed by atoms with Gasteiger partial charge >= 0.3 is 0 Å². The minimum absolute atomic E-state index is 0.0551. The lowest BCUT2D eigenvalue weighted by molar-refractivity contribution is -0.120. The number of nitrogens with zero attached hydrogens (tertiary/aromatic N) is 2. The first kappa shape index (κ1) is 17.7. The largest absolute Gasteiger partial charge is 0.391 e. The predicted molar refractivity (Wildman–Crippen MR) is 84.2 cm³/mol. The third kappa shape index (κ3) is 5.50. The van der Waals surface area contributed by atoms with Crippen LogP contribution >= 0.6 is 0 Å². The van der Waals surface area contributed by atoms with Crippen molar-refractivity contribution in [3.63, 3.8) is 0 Å². The number of hydrogen-bond donors (Lipinski definition) is 2. The Morgan fingerprint density at radius 2 is 2.05 bits per heavy atom. The third-order valence-corrected chi connectivity index (χ3v) is 3.56. The van der Waals surface area contributed by atoms with Crippen LogP contribution in [0.4, 0.5) is 0 Å². The van der Waals surface area contributed by atoms with Crippen LogP contribution in [0.15, 0.2) is 0 Å². The number of aliphatic hydroxyl groups is 1. The first-order chi connectivity index (χ1) is 9.85. The molecule has 0 spiro atoms. The molecule has 2 N–H and O–H groups in total. The summed E-state index contributed by atoms with van der Waals surface area (Å²) in [5.74, 6) is 0.467. The number of aryl methyl sites for hydroxylation is 1. The lowest BCUT2D eigenvalue weighted by Crippen LogP contribution is -2.33. The molecule has 0 aliphatic rings. The van der Waals surface area contributed by atoms with Crippen molar-refractivity contribution in [3.05, 3.63) is 17.0 Å². The van der Waals surface area contributed by atoms with Gasteiger partial charge in [0.2, 0.25) is 5.91 Å². The molecular formula is C16H29N3O2. The Balaban J connectivity index is 2.62. The summed E-state index contributed by atoms with van der Waals surface area (Å²) in [6.45, 7) is 11.5. The van der Waals surface area contributed by atoms with E-state index in [9.17, 15) is 9.90 Å². The molecule has 21 heavy (non-hydrogen) atoms. The minimum Gasteiger partial charge on any atom is -0.391 e. The van der Waals surface area contributed by atoms with Gasteiger partial charge in [-0.25, -0.2) is 0 Å². The smallest absolute Gasteiger partial charge is 0.224 e. The van der Waals surface area contributed by atoms with E-state index in [1.54, 1.807) is 0 Å². The molecule has 1 heterocycles. The van der Waals surface area contributed by atoms with Crippen LogP contribution in [0.5, 0.6) is 0 Å². The van der Waals surface area contributed by atoms with Gasteiger partial charge in [-0.2, -0.15) is 5.10 Å². The van der Waals surface area contributed by atoms with Gasteiger partial charge in [0, 0.05) is 24.3 Å². The second kappa shape index (κ2) is 8.17. The summed E-state index contributed by atoms with van der Waals surface area (Å²) in [5.41, 5.74) is 2.97. The number of hydrogen-bond acceptors (Lipinski definition) is 3. The molecular weight excluding hydrogens is 266 g/mol. The first-order valence-corrected chi connectivity index (χ1v) is 7.82. The van der Waals surface area contributed by atoms with Gasteiger partial charge in [0.25, 0.3) is 0 Å². The van der Waals surface area contributed by atoms with E-state index in [0.717, 1.165) is 29.9 Å². The van der Waals surface area contributed by atoms with Crippen molar-refractivity contribution in [2.45, 2.75) is 66.5 Å². The molecule has 5 heteroatoms. The molecule has 0 radical (unpaired) electrons. The number of nitrogens with one attached hydrogen (secondary N) is 1. The minimum atomic E-state index is -0.454. The van der Waals surface area contributed by atoms with Crippen LogP contribution in [0.2, 0.25) is 0 Å². The number of amides is 1. The quantitative estimate of drug-likeness (QED) is 0.770. The Morgan fingerprint density at radius 3 is 2.62 bits per heavy atom. The Hall–Kier alpha value is -1.36. The standard InChI is InChI=1S/C16H29N3O2/c1-6-7-14(20)9-17-16(21)8-15-12(4)18-19(13(15)5)10-11(2)3/h11,14,20H,6-10H2,1-5H3,(H,17,21). The van der Waals surface area contributed by atoms with Crippen molar-refractivity contribution < 1.29 is 9.90 Å². The summed E-state index contributed by atoms with van der Waals surface area (Å²) in [6.07, 6.45) is 1.50. The van der Waals surface area contributed by atoms with E-state index in [4.69, 9.17) is 0 Å². The van der Waals surface area contributed by atoms with E-state index in [-0.39, 0.29) is 5.91 Å². The van der Waals surface area contributed by atoms with Crippen LogP contribution in [0.1, 0.15) is 50.6 Å². The normalized spacial score (nSPS) is 12.7. The lowest BCUT2D eigenvalue weighted by atomic mass is 10.1. The van der Waals surface area contributed by atoms with Crippen molar-refractivity contribution in [1.29, 1.82) is 0 Å². The van der Waals surface area contributed by atoms with Crippen LogP contribution < -0.4 is 5.32 Å². The molecule has 0 aliphatic carbocycles. The zero-order valence-electron chi connectivity index (χ0n) is 13.9. The molecule has 0 fully saturated rings. The van der Waals surface area contributed by atoms with Gasteiger partial charge in [0.05, 0.1) is 18.2 Å². The average Bonchev–Trinajstić information content (AvgIpc) is 2.64. The Bertz CT molecular complexity index is 466. The van der Waals surface area contributed by atoms with Gasteiger partial charge in [0.15, 0.2) is 0 Å². The summed E-state index contributed by atoms with van der Waals surface area (Å²) in [5, 5.41) is 17.0. The number of aliphatic hydroxyl groups excluding tert-OH is 1. The van der Waals surface area contributed by atoms with Crippen LogP contribution in [0.3, 0.4) is 0 Å². The zero-order chi connectivity index (χ0) is 16.0. The van der Waals surface area contributed by atoms with E-state index in [1.807, 2.05) is 25.5 Å². The topological polar surface area (TPSA) is 67.2 Å². The Morgan fingerprint density at radius 1 is 1.38 bits per heavy atom. The monoisotopic (exact) mass is 295 g/mol. The fourth-order valence-electron chi connectivity index (χ4n) is 2.40. The first-order valence-electron chi connectivity index (χ1n) is 7.82. The molecule has 0 saturated heterocycles. The van der Waals surface area contributed by atoms with Gasteiger partial charge in [-0.05, 0) is 26.2 Å². The van der Waals surface area contributed by atoms with Crippen LogP contribution in [0.25, 0.3) is 0 Å². The second-order valence-corrected chi connectivity index (χ2v) is 6.15. The molecule has 1 atom stereocenters. The molecule has 120 valence electrons. The van der Waals surface area contributed by atoms with E-state index in [1.165, 1.54) is 0 Å². The van der Waals surface area contributed by atoms with E-state index in [0.29, 0.717) is 25.3 Å². The van der Waals surface area contributed by atoms with Crippen molar-refractivity contribution in [3.8, 4) is 0 Å². The van der Waals surface area contributed by atoms with Crippen LogP contribution in [-0.2, 0) is 17.8 Å². The second-order valence-electron chi connectivity index (χ2n) is 6.15. The average molecular weight is 295 g/mol. The van der Waals surface area contributed by atoms with Crippen LogP contribution in [0, 0.1) is 19.8 Å². The highest BCUT2D eigenvalue weighted by molar-refractivity contribution is 5.79. The molecule has 0 bridgehead atoms. The maximum Gasteiger partial charge on any atom is 0.224 e. The van der Waals surface area contributed by atoms with E-state index >= 15 is 0 Å². The van der Waals surface area contributed by atoms with E-state index < -0.39 is 6.10 Å². The zero-order valence-corrected chi connectivity index (χ0v) is 13.9. The van der Waals surface area contributed by atoms with Gasteiger partial charge in [0.1, 0.15) is 0 Å². The fourth-order valence-corrected chi connectivity index (χ4v) is 2.40. The Kier molecular flexibility index (Phi) is 6.89. The summed E-state index contributed by atoms with van der Waals surface area (Å²) < 4.78 is 1.98. The third-order valence-electron chi connectivity index (χ3n) is 3.56. The summed E-state index contributed by atoms with van der Waals surface area (Å²) in [7, 11) is 0. The fraction of sp³-hybridized carbons (Fsp3) is 0.750. The van der Waals surface area contributed by atoms with Gasteiger partial charge in [-0.1, -0.05) is 27.2 Å². The van der Waals surface area contributed by atoms with Gasteiger partial charge in [-0.15, -0.1) is 0 Å². The molecule has 1 rings (SSSR count). The predicted octanol–water partition coefficient (Wildman–Crippen LogP) is 1.98. The van der Waals surface area contributed by atoms with Crippen LogP contribution in [-0.4, -0.2) is 33.4 Å². The number of carbonyl (C=O) groups excluding carboxylic acids is 1. The molecule has 1 unspecified atom stereocenters. The van der Waals surface area contributed by atoms with Gasteiger partial charge < -0.3 is 10.4 Å². The highest BCUT2D eigenvalue weighted by Crippen LogP contribution is 2.15. The molecule has 5 nitrogen and oxygen atoms in total. The van der Waals surface area contributed by atoms with E-state index in [2.05, 4.69) is 24.3 Å². The van der Waals surface area contributed by atoms with Gasteiger partial charge in [-0.3, -0.25) is 9.48 Å². The number of carbonyl (C=O) groups is 1. The summed E-state index contributed by atoms with van der Waals surface area (Å²) in [4.78, 5) is 12.0. The molecule has 1 aromatic rings. The number of rotatable bonds is 8. The van der Waals surface area contributed by atoms with Crippen molar-refractivity contribution >= 4 is 5.91 Å². The maximum atomic E-state index is 12.0. The van der Waals surface area contributed by atoms with Crippen molar-refractivity contribution in [2.24, 2.45) is 5.92 Å². The highest BCUT2D eigenvalue weighted by atomic mass is 16.3. The number of aromatic nitrogens is 2. The molecule has 1 amide bonds. The summed E-state index contributed by atoms with van der Waals surface area (Å²) in [6, 6.07) is 0. The lowest BCUT2D eigenvalue weighted by Gasteiger charge is -2.11. The maximum absolute atomic E-state index is 12.0.